The molecule has 0 heterocycles. The minimum absolute atomic E-state index is 0.0476. The zero-order chi connectivity index (χ0) is 15.1. The summed E-state index contributed by atoms with van der Waals surface area (Å²) in [4.78, 5) is 12.5. The van der Waals surface area contributed by atoms with Gasteiger partial charge in [-0.15, -0.1) is 0 Å². The van der Waals surface area contributed by atoms with Crippen molar-refractivity contribution in [3.05, 3.63) is 35.9 Å². The van der Waals surface area contributed by atoms with Crippen molar-refractivity contribution in [3.63, 3.8) is 0 Å². The van der Waals surface area contributed by atoms with Crippen LogP contribution in [0.25, 0.3) is 0 Å². The van der Waals surface area contributed by atoms with Gasteiger partial charge in [-0.1, -0.05) is 49.6 Å². The summed E-state index contributed by atoms with van der Waals surface area (Å²) in [6, 6.07) is 9.55. The van der Waals surface area contributed by atoms with Gasteiger partial charge >= 0.3 is 0 Å². The lowest BCUT2D eigenvalue weighted by atomic mass is 9.95. The van der Waals surface area contributed by atoms with Crippen LogP contribution in [0.1, 0.15) is 43.8 Å². The molecule has 116 valence electrons. The van der Waals surface area contributed by atoms with Gasteiger partial charge in [0.1, 0.15) is 0 Å². The first-order valence-electron chi connectivity index (χ1n) is 7.75. The Balaban J connectivity index is 2.04. The third-order valence-corrected chi connectivity index (χ3v) is 4.30. The molecule has 0 saturated heterocycles. The maximum Gasteiger partial charge on any atom is 0.253 e. The zero-order valence-corrected chi connectivity index (χ0v) is 12.6. The van der Waals surface area contributed by atoms with Crippen LogP contribution in [0.15, 0.2) is 30.3 Å². The molecule has 1 aliphatic carbocycles. The quantitative estimate of drug-likeness (QED) is 0.819. The van der Waals surface area contributed by atoms with Crippen molar-refractivity contribution in [3.8, 4) is 0 Å². The summed E-state index contributed by atoms with van der Waals surface area (Å²) in [5.74, 6) is 0.0405. The molecule has 2 rings (SSSR count). The standard InChI is InChI=1S/C17H25NO3/c1-21-16(13-8-4-2-5-9-13)17(20)18-15-11-7-3-6-10-14(15)12-19/h2,4-5,8-9,14-16,19H,3,6-7,10-12H2,1H3,(H,18,20)/t14-,15+,16-/m1/s1. The first kappa shape index (κ1) is 16.0. The summed E-state index contributed by atoms with van der Waals surface area (Å²) in [7, 11) is 1.55. The Bertz CT molecular complexity index is 435. The fourth-order valence-electron chi connectivity index (χ4n) is 3.07. The topological polar surface area (TPSA) is 58.6 Å². The average molecular weight is 291 g/mol. The Kier molecular flexibility index (Phi) is 6.21. The summed E-state index contributed by atoms with van der Waals surface area (Å²) >= 11 is 0. The number of hydrogen-bond acceptors (Lipinski definition) is 3. The van der Waals surface area contributed by atoms with E-state index >= 15 is 0 Å². The van der Waals surface area contributed by atoms with Crippen LogP contribution in [-0.2, 0) is 9.53 Å². The lowest BCUT2D eigenvalue weighted by Crippen LogP contribution is -2.43. The molecule has 2 N–H and O–H groups in total. The number of carbonyl (C=O) groups is 1. The van der Waals surface area contributed by atoms with Crippen molar-refractivity contribution in [1.82, 2.24) is 5.32 Å². The molecule has 1 aromatic carbocycles. The smallest absolute Gasteiger partial charge is 0.253 e. The van der Waals surface area contributed by atoms with Gasteiger partial charge < -0.3 is 15.2 Å². The van der Waals surface area contributed by atoms with Gasteiger partial charge in [0.2, 0.25) is 0 Å². The van der Waals surface area contributed by atoms with Crippen molar-refractivity contribution >= 4 is 5.91 Å². The fraction of sp³-hybridized carbons (Fsp3) is 0.588. The highest BCUT2D eigenvalue weighted by Gasteiger charge is 2.28. The number of carbonyl (C=O) groups excluding carboxylic acids is 1. The molecule has 0 radical (unpaired) electrons. The molecule has 0 aliphatic heterocycles. The van der Waals surface area contributed by atoms with E-state index in [-0.39, 0.29) is 24.5 Å². The van der Waals surface area contributed by atoms with E-state index in [4.69, 9.17) is 4.74 Å². The summed E-state index contributed by atoms with van der Waals surface area (Å²) in [6.45, 7) is 0.133. The van der Waals surface area contributed by atoms with Crippen LogP contribution in [-0.4, -0.2) is 30.8 Å². The van der Waals surface area contributed by atoms with Crippen molar-refractivity contribution < 1.29 is 14.6 Å². The molecule has 0 spiro atoms. The van der Waals surface area contributed by atoms with Crippen LogP contribution in [0.2, 0.25) is 0 Å². The minimum Gasteiger partial charge on any atom is -0.396 e. The Labute approximate surface area is 126 Å². The van der Waals surface area contributed by atoms with Crippen LogP contribution in [0.4, 0.5) is 0 Å². The Morgan fingerprint density at radius 2 is 2.00 bits per heavy atom. The van der Waals surface area contributed by atoms with Crippen molar-refractivity contribution in [2.45, 2.75) is 44.2 Å². The SMILES string of the molecule is CO[C@@H](C(=O)N[C@H]1CCCCC[C@@H]1CO)c1ccccc1. The van der Waals surface area contributed by atoms with E-state index in [1.165, 1.54) is 6.42 Å². The summed E-state index contributed by atoms with van der Waals surface area (Å²) in [5, 5.41) is 12.6. The molecule has 1 aliphatic rings. The minimum atomic E-state index is -0.589. The van der Waals surface area contributed by atoms with E-state index in [1.807, 2.05) is 30.3 Å². The van der Waals surface area contributed by atoms with Gasteiger partial charge in [0, 0.05) is 25.7 Å². The second-order valence-electron chi connectivity index (χ2n) is 5.72. The lowest BCUT2D eigenvalue weighted by Gasteiger charge is -2.26. The largest absolute Gasteiger partial charge is 0.396 e. The molecule has 0 bridgehead atoms. The van der Waals surface area contributed by atoms with Crippen LogP contribution >= 0.6 is 0 Å². The molecule has 4 nitrogen and oxygen atoms in total. The zero-order valence-electron chi connectivity index (χ0n) is 12.6. The highest BCUT2D eigenvalue weighted by atomic mass is 16.5. The highest BCUT2D eigenvalue weighted by molar-refractivity contribution is 5.82. The number of aliphatic hydroxyl groups excluding tert-OH is 1. The van der Waals surface area contributed by atoms with Gasteiger partial charge in [-0.25, -0.2) is 0 Å². The Morgan fingerprint density at radius 3 is 2.67 bits per heavy atom. The van der Waals surface area contributed by atoms with E-state index in [1.54, 1.807) is 7.11 Å². The van der Waals surface area contributed by atoms with E-state index in [9.17, 15) is 9.90 Å². The highest BCUT2D eigenvalue weighted by Crippen LogP contribution is 2.24. The predicted octanol–water partition coefficient (Wildman–Crippen LogP) is 2.43. The molecule has 1 fully saturated rings. The molecule has 1 amide bonds. The Hall–Kier alpha value is -1.39. The molecule has 21 heavy (non-hydrogen) atoms. The van der Waals surface area contributed by atoms with Crippen LogP contribution < -0.4 is 5.32 Å². The number of rotatable bonds is 5. The Morgan fingerprint density at radius 1 is 1.29 bits per heavy atom. The number of hydrogen-bond donors (Lipinski definition) is 2. The second-order valence-corrected chi connectivity index (χ2v) is 5.72. The fourth-order valence-corrected chi connectivity index (χ4v) is 3.07. The first-order valence-corrected chi connectivity index (χ1v) is 7.75. The van der Waals surface area contributed by atoms with E-state index in [2.05, 4.69) is 5.32 Å². The number of amides is 1. The van der Waals surface area contributed by atoms with Crippen molar-refractivity contribution in [2.75, 3.05) is 13.7 Å². The third-order valence-electron chi connectivity index (χ3n) is 4.30. The van der Waals surface area contributed by atoms with E-state index in [0.29, 0.717) is 0 Å². The number of benzene rings is 1. The molecule has 3 atom stereocenters. The third kappa shape index (κ3) is 4.29. The van der Waals surface area contributed by atoms with Crippen molar-refractivity contribution in [1.29, 1.82) is 0 Å². The van der Waals surface area contributed by atoms with Gasteiger partial charge in [0.05, 0.1) is 0 Å². The molecular formula is C17H25NO3. The summed E-state index contributed by atoms with van der Waals surface area (Å²) in [6.07, 6.45) is 4.73. The van der Waals surface area contributed by atoms with Gasteiger partial charge in [-0.2, -0.15) is 0 Å². The molecule has 0 aromatic heterocycles. The predicted molar refractivity (Wildman–Crippen MR) is 81.8 cm³/mol. The number of aliphatic hydroxyl groups is 1. The molecule has 1 saturated carbocycles. The summed E-state index contributed by atoms with van der Waals surface area (Å²) in [5.41, 5.74) is 0.853. The molecule has 0 unspecified atom stereocenters. The molecule has 4 heteroatoms. The van der Waals surface area contributed by atoms with Crippen molar-refractivity contribution in [2.24, 2.45) is 5.92 Å². The van der Waals surface area contributed by atoms with Gasteiger partial charge in [-0.3, -0.25) is 4.79 Å². The maximum absolute atomic E-state index is 12.5. The summed E-state index contributed by atoms with van der Waals surface area (Å²) < 4.78 is 5.37. The maximum atomic E-state index is 12.5. The average Bonchev–Trinajstić information content (AvgIpc) is 2.74. The molecule has 1 aromatic rings. The number of methoxy groups -OCH3 is 1. The van der Waals surface area contributed by atoms with Gasteiger partial charge in [0.15, 0.2) is 6.10 Å². The first-order chi connectivity index (χ1) is 10.3. The van der Waals surface area contributed by atoms with Crippen LogP contribution in [0, 0.1) is 5.92 Å². The lowest BCUT2D eigenvalue weighted by molar-refractivity contribution is -0.132. The number of ether oxygens (including phenoxy) is 1. The van der Waals surface area contributed by atoms with Gasteiger partial charge in [-0.05, 0) is 18.4 Å². The van der Waals surface area contributed by atoms with Gasteiger partial charge in [0.25, 0.3) is 5.91 Å². The van der Waals surface area contributed by atoms with E-state index < -0.39 is 6.10 Å². The monoisotopic (exact) mass is 291 g/mol. The van der Waals surface area contributed by atoms with Crippen LogP contribution in [0.3, 0.4) is 0 Å². The molecular weight excluding hydrogens is 266 g/mol. The second kappa shape index (κ2) is 8.15. The van der Waals surface area contributed by atoms with Crippen LogP contribution in [0.5, 0.6) is 0 Å². The number of nitrogens with one attached hydrogen (secondary N) is 1. The van der Waals surface area contributed by atoms with E-state index in [0.717, 1.165) is 31.2 Å². The normalized spacial score (nSPS) is 24.1.